The van der Waals surface area contributed by atoms with Gasteiger partial charge in [-0.25, -0.2) is 0 Å². The number of fused-ring (bicyclic) bond motifs is 1. The van der Waals surface area contributed by atoms with E-state index in [2.05, 4.69) is 10.6 Å². The van der Waals surface area contributed by atoms with Crippen molar-refractivity contribution in [2.24, 2.45) is 0 Å². The summed E-state index contributed by atoms with van der Waals surface area (Å²) >= 11 is 5.86. The van der Waals surface area contributed by atoms with Crippen LogP contribution in [0.1, 0.15) is 21.5 Å². The van der Waals surface area contributed by atoms with Crippen molar-refractivity contribution in [2.75, 3.05) is 5.32 Å². The molecule has 0 aliphatic carbocycles. The maximum atomic E-state index is 12.3. The molecule has 6 heteroatoms. The molecular formula is C23H17ClN2O3. The summed E-state index contributed by atoms with van der Waals surface area (Å²) in [5.41, 5.74) is 2.89. The molecule has 0 unspecified atom stereocenters. The van der Waals surface area contributed by atoms with E-state index >= 15 is 0 Å². The van der Waals surface area contributed by atoms with Crippen molar-refractivity contribution in [3.63, 3.8) is 0 Å². The first kappa shape index (κ1) is 18.8. The van der Waals surface area contributed by atoms with Crippen molar-refractivity contribution in [3.05, 3.63) is 100 Å². The highest BCUT2D eigenvalue weighted by Crippen LogP contribution is 2.30. The maximum absolute atomic E-state index is 12.3. The average Bonchev–Trinajstić information content (AvgIpc) is 2.74. The fourth-order valence-electron chi connectivity index (χ4n) is 2.87. The molecule has 0 radical (unpaired) electrons. The molecule has 3 aromatic rings. The van der Waals surface area contributed by atoms with Gasteiger partial charge in [-0.15, -0.1) is 0 Å². The number of carbonyl (C=O) groups excluding carboxylic acids is 2. The van der Waals surface area contributed by atoms with Crippen LogP contribution in [0.3, 0.4) is 0 Å². The van der Waals surface area contributed by atoms with Crippen LogP contribution >= 0.6 is 11.6 Å². The molecule has 1 aliphatic rings. The van der Waals surface area contributed by atoms with E-state index in [9.17, 15) is 9.59 Å². The average molecular weight is 405 g/mol. The molecule has 0 bridgehead atoms. The molecular weight excluding hydrogens is 388 g/mol. The Labute approximate surface area is 173 Å². The van der Waals surface area contributed by atoms with Gasteiger partial charge in [-0.1, -0.05) is 48.0 Å². The highest BCUT2D eigenvalue weighted by molar-refractivity contribution is 6.30. The van der Waals surface area contributed by atoms with Gasteiger partial charge in [0, 0.05) is 17.1 Å². The van der Waals surface area contributed by atoms with Crippen LogP contribution in [0.4, 0.5) is 5.69 Å². The van der Waals surface area contributed by atoms with Crippen molar-refractivity contribution in [3.8, 4) is 5.75 Å². The van der Waals surface area contributed by atoms with E-state index in [4.69, 9.17) is 16.3 Å². The van der Waals surface area contributed by atoms with Crippen LogP contribution in [-0.2, 0) is 11.3 Å². The summed E-state index contributed by atoms with van der Waals surface area (Å²) in [5.74, 6) is 0.299. The summed E-state index contributed by atoms with van der Waals surface area (Å²) in [7, 11) is 0. The predicted molar refractivity (Wildman–Crippen MR) is 113 cm³/mol. The number of hydrogen-bond acceptors (Lipinski definition) is 3. The van der Waals surface area contributed by atoms with Crippen LogP contribution < -0.4 is 15.4 Å². The van der Waals surface area contributed by atoms with Gasteiger partial charge < -0.3 is 15.4 Å². The second-order valence-electron chi connectivity index (χ2n) is 6.49. The number of nitrogens with one attached hydrogen (secondary N) is 2. The molecule has 0 atom stereocenters. The Morgan fingerprint density at radius 3 is 2.48 bits per heavy atom. The lowest BCUT2D eigenvalue weighted by molar-refractivity contribution is -0.115. The topological polar surface area (TPSA) is 67.4 Å². The van der Waals surface area contributed by atoms with Gasteiger partial charge in [0.15, 0.2) is 11.5 Å². The minimum absolute atomic E-state index is 0.181. The molecule has 1 heterocycles. The molecule has 29 heavy (non-hydrogen) atoms. The van der Waals surface area contributed by atoms with Gasteiger partial charge in [0.25, 0.3) is 11.8 Å². The minimum atomic E-state index is -0.312. The first-order valence-corrected chi connectivity index (χ1v) is 9.39. The molecule has 0 aromatic heterocycles. The van der Waals surface area contributed by atoms with Gasteiger partial charge in [-0.05, 0) is 53.6 Å². The molecule has 0 saturated carbocycles. The highest BCUT2D eigenvalue weighted by atomic mass is 35.5. The van der Waals surface area contributed by atoms with Gasteiger partial charge in [-0.2, -0.15) is 0 Å². The van der Waals surface area contributed by atoms with Crippen molar-refractivity contribution in [1.29, 1.82) is 0 Å². The lowest BCUT2D eigenvalue weighted by atomic mass is 10.1. The number of hydrogen-bond donors (Lipinski definition) is 2. The Hall–Kier alpha value is -3.57. The van der Waals surface area contributed by atoms with E-state index in [1.807, 2.05) is 24.3 Å². The molecule has 0 fully saturated rings. The number of anilines is 1. The van der Waals surface area contributed by atoms with Crippen molar-refractivity contribution < 1.29 is 14.3 Å². The van der Waals surface area contributed by atoms with Crippen LogP contribution in [0.5, 0.6) is 5.75 Å². The fourth-order valence-corrected chi connectivity index (χ4v) is 3.00. The maximum Gasteiger partial charge on any atom is 0.291 e. The van der Waals surface area contributed by atoms with E-state index in [0.717, 1.165) is 11.1 Å². The monoisotopic (exact) mass is 404 g/mol. The normalized spacial score (nSPS) is 14.0. The van der Waals surface area contributed by atoms with Gasteiger partial charge in [0.1, 0.15) is 0 Å². The number of amides is 2. The lowest BCUT2D eigenvalue weighted by Crippen LogP contribution is -2.23. The molecule has 0 spiro atoms. The van der Waals surface area contributed by atoms with Gasteiger partial charge in [-0.3, -0.25) is 9.59 Å². The fraction of sp³-hybridized carbons (Fsp3) is 0.0435. The van der Waals surface area contributed by atoms with Crippen LogP contribution in [0.25, 0.3) is 6.08 Å². The van der Waals surface area contributed by atoms with Crippen molar-refractivity contribution in [2.45, 2.75) is 6.54 Å². The summed E-state index contributed by atoms with van der Waals surface area (Å²) in [5, 5.41) is 6.31. The first-order chi connectivity index (χ1) is 14.1. The lowest BCUT2D eigenvalue weighted by Gasteiger charge is -2.19. The van der Waals surface area contributed by atoms with E-state index in [1.54, 1.807) is 54.6 Å². The Morgan fingerprint density at radius 2 is 1.72 bits per heavy atom. The van der Waals surface area contributed by atoms with E-state index < -0.39 is 0 Å². The summed E-state index contributed by atoms with van der Waals surface area (Å²) in [6.45, 7) is 0.412. The first-order valence-electron chi connectivity index (χ1n) is 9.01. The van der Waals surface area contributed by atoms with Gasteiger partial charge in [0.2, 0.25) is 0 Å². The van der Waals surface area contributed by atoms with Crippen LogP contribution in [0.15, 0.2) is 78.6 Å². The van der Waals surface area contributed by atoms with Crippen molar-refractivity contribution >= 4 is 35.2 Å². The number of para-hydroxylation sites is 2. The van der Waals surface area contributed by atoms with Crippen LogP contribution in [0.2, 0.25) is 5.02 Å². The van der Waals surface area contributed by atoms with Crippen LogP contribution in [-0.4, -0.2) is 11.8 Å². The molecule has 3 aromatic carbocycles. The molecule has 2 amide bonds. The largest absolute Gasteiger partial charge is 0.449 e. The predicted octanol–water partition coefficient (Wildman–Crippen LogP) is 4.64. The molecule has 5 nitrogen and oxygen atoms in total. The standard InChI is InChI=1S/C23H17ClN2O3/c24-18-11-7-16(8-12-18)14-25-22(27)17-9-5-15(6-10-17)13-21-23(28)26-19-3-1-2-4-20(19)29-21/h1-13H,14H2,(H,25,27)(H,26,28). The molecule has 4 rings (SSSR count). The van der Waals surface area contributed by atoms with Crippen LogP contribution in [0, 0.1) is 0 Å². The number of carbonyl (C=O) groups is 2. The molecule has 1 aliphatic heterocycles. The van der Waals surface area contributed by atoms with Gasteiger partial charge in [0.05, 0.1) is 5.69 Å². The van der Waals surface area contributed by atoms with E-state index in [0.29, 0.717) is 28.6 Å². The molecule has 0 saturated heterocycles. The SMILES string of the molecule is O=C1Nc2ccccc2OC1=Cc1ccc(C(=O)NCc2ccc(Cl)cc2)cc1. The zero-order valence-electron chi connectivity index (χ0n) is 15.3. The summed E-state index contributed by atoms with van der Waals surface area (Å²) in [4.78, 5) is 24.5. The summed E-state index contributed by atoms with van der Waals surface area (Å²) < 4.78 is 5.68. The number of benzene rings is 3. The van der Waals surface area contributed by atoms with E-state index in [1.165, 1.54) is 0 Å². The Bertz CT molecular complexity index is 1090. The number of halogens is 1. The molecule has 144 valence electrons. The van der Waals surface area contributed by atoms with Crippen molar-refractivity contribution in [1.82, 2.24) is 5.32 Å². The third-order valence-electron chi connectivity index (χ3n) is 4.42. The smallest absolute Gasteiger partial charge is 0.291 e. The zero-order valence-corrected chi connectivity index (χ0v) is 16.1. The second-order valence-corrected chi connectivity index (χ2v) is 6.93. The Balaban J connectivity index is 1.42. The third kappa shape index (κ3) is 4.47. The van der Waals surface area contributed by atoms with Gasteiger partial charge >= 0.3 is 0 Å². The Morgan fingerprint density at radius 1 is 1.00 bits per heavy atom. The summed E-state index contributed by atoms with van der Waals surface area (Å²) in [6, 6.07) is 21.5. The van der Waals surface area contributed by atoms with E-state index in [-0.39, 0.29) is 17.6 Å². The quantitative estimate of drug-likeness (QED) is 0.622. The number of ether oxygens (including phenoxy) is 1. The third-order valence-corrected chi connectivity index (χ3v) is 4.67. The Kier molecular flexibility index (Phi) is 5.31. The zero-order chi connectivity index (χ0) is 20.2. The molecule has 2 N–H and O–H groups in total. The summed E-state index contributed by atoms with van der Waals surface area (Å²) in [6.07, 6.45) is 1.64. The second kappa shape index (κ2) is 8.20. The highest BCUT2D eigenvalue weighted by Gasteiger charge is 2.21. The minimum Gasteiger partial charge on any atom is -0.449 e. The number of rotatable bonds is 4.